The number of piperazine rings is 1. The van der Waals surface area contributed by atoms with Crippen LogP contribution in [0.2, 0.25) is 0 Å². The maximum Gasteiger partial charge on any atom is 0.289 e. The van der Waals surface area contributed by atoms with Crippen LogP contribution in [0, 0.1) is 0 Å². The minimum atomic E-state index is -0.0328. The number of carbonyl (C=O) groups is 1. The van der Waals surface area contributed by atoms with E-state index in [1.807, 2.05) is 11.9 Å². The first-order valence-electron chi connectivity index (χ1n) is 9.64. The van der Waals surface area contributed by atoms with Crippen LogP contribution in [0.1, 0.15) is 37.2 Å². The average molecular weight is 489 g/mol. The van der Waals surface area contributed by atoms with Crippen molar-refractivity contribution in [2.45, 2.75) is 38.8 Å². The molecule has 1 aliphatic heterocycles. The van der Waals surface area contributed by atoms with Crippen LogP contribution in [0.5, 0.6) is 0 Å². The Morgan fingerprint density at radius 1 is 1.30 bits per heavy atom. The van der Waals surface area contributed by atoms with E-state index in [-0.39, 0.29) is 29.9 Å². The first-order chi connectivity index (χ1) is 12.6. The van der Waals surface area contributed by atoms with Crippen LogP contribution >= 0.6 is 24.0 Å². The Bertz CT molecular complexity index is 606. The number of guanidine groups is 1. The summed E-state index contributed by atoms with van der Waals surface area (Å²) in [7, 11) is 1.82. The van der Waals surface area contributed by atoms with E-state index in [9.17, 15) is 4.79 Å². The molecule has 1 amide bonds. The lowest BCUT2D eigenvalue weighted by molar-refractivity contribution is 0.0657. The molecule has 2 fully saturated rings. The van der Waals surface area contributed by atoms with Gasteiger partial charge >= 0.3 is 0 Å². The minimum Gasteiger partial charge on any atom is -0.459 e. The molecule has 0 aromatic carbocycles. The third kappa shape index (κ3) is 5.84. The van der Waals surface area contributed by atoms with Crippen molar-refractivity contribution in [1.29, 1.82) is 0 Å². The van der Waals surface area contributed by atoms with E-state index < -0.39 is 0 Å². The zero-order chi connectivity index (χ0) is 18.5. The van der Waals surface area contributed by atoms with Crippen molar-refractivity contribution in [3.8, 4) is 0 Å². The Morgan fingerprint density at radius 3 is 2.48 bits per heavy atom. The molecule has 1 saturated carbocycles. The third-order valence-corrected chi connectivity index (χ3v) is 5.14. The molecule has 3 rings (SSSR count). The number of nitrogens with zero attached hydrogens (tertiary/aromatic N) is 4. The van der Waals surface area contributed by atoms with Crippen LogP contribution in [0.4, 0.5) is 0 Å². The number of hydrogen-bond donors (Lipinski definition) is 1. The van der Waals surface area contributed by atoms with Crippen molar-refractivity contribution in [2.75, 3.05) is 46.3 Å². The lowest BCUT2D eigenvalue weighted by Crippen LogP contribution is -2.54. The Labute approximate surface area is 179 Å². The van der Waals surface area contributed by atoms with Gasteiger partial charge in [-0.25, -0.2) is 0 Å². The molecular formula is C19H32IN5O2. The normalized spacial score (nSPS) is 18.0. The fourth-order valence-corrected chi connectivity index (χ4v) is 3.58. The minimum absolute atomic E-state index is 0. The molecule has 7 nitrogen and oxygen atoms in total. The van der Waals surface area contributed by atoms with Gasteiger partial charge in [-0.2, -0.15) is 0 Å². The van der Waals surface area contributed by atoms with Crippen LogP contribution in [0.15, 0.2) is 27.8 Å². The van der Waals surface area contributed by atoms with Gasteiger partial charge in [-0.1, -0.05) is 0 Å². The van der Waals surface area contributed by atoms with Crippen molar-refractivity contribution < 1.29 is 9.21 Å². The highest BCUT2D eigenvalue weighted by Crippen LogP contribution is 2.27. The molecule has 2 heterocycles. The second kappa shape index (κ2) is 10.3. The Kier molecular flexibility index (Phi) is 8.40. The van der Waals surface area contributed by atoms with Crippen molar-refractivity contribution in [3.05, 3.63) is 24.2 Å². The molecule has 0 spiro atoms. The summed E-state index contributed by atoms with van der Waals surface area (Å²) in [6.07, 6.45) is 4.20. The molecule has 1 aromatic rings. The van der Waals surface area contributed by atoms with Gasteiger partial charge in [-0.3, -0.25) is 14.7 Å². The molecule has 2 aliphatic rings. The molecule has 152 valence electrons. The number of furan rings is 1. The van der Waals surface area contributed by atoms with Crippen LogP contribution in [-0.4, -0.2) is 85.0 Å². The number of rotatable bonds is 6. The van der Waals surface area contributed by atoms with Gasteiger partial charge in [0.1, 0.15) is 0 Å². The summed E-state index contributed by atoms with van der Waals surface area (Å²) in [6, 6.07) is 4.82. The maximum absolute atomic E-state index is 12.3. The number of nitrogens with one attached hydrogen (secondary N) is 1. The molecule has 1 aromatic heterocycles. The number of hydrogen-bond acceptors (Lipinski definition) is 4. The van der Waals surface area contributed by atoms with E-state index in [2.05, 4.69) is 34.0 Å². The molecule has 1 N–H and O–H groups in total. The highest BCUT2D eigenvalue weighted by Gasteiger charge is 2.30. The van der Waals surface area contributed by atoms with Gasteiger partial charge in [-0.05, 0) is 38.8 Å². The monoisotopic (exact) mass is 489 g/mol. The zero-order valence-electron chi connectivity index (χ0n) is 16.6. The molecule has 1 aliphatic carbocycles. The van der Waals surface area contributed by atoms with Crippen molar-refractivity contribution in [2.24, 2.45) is 4.99 Å². The van der Waals surface area contributed by atoms with E-state index in [1.54, 1.807) is 12.1 Å². The second-order valence-corrected chi connectivity index (χ2v) is 7.29. The fourth-order valence-electron chi connectivity index (χ4n) is 3.58. The largest absolute Gasteiger partial charge is 0.459 e. The summed E-state index contributed by atoms with van der Waals surface area (Å²) < 4.78 is 5.22. The van der Waals surface area contributed by atoms with Gasteiger partial charge in [-0.15, -0.1) is 24.0 Å². The van der Waals surface area contributed by atoms with Crippen LogP contribution in [0.3, 0.4) is 0 Å². The molecule has 1 saturated heterocycles. The van der Waals surface area contributed by atoms with E-state index in [0.717, 1.165) is 38.2 Å². The number of aliphatic imine (C=N–C) groups is 1. The van der Waals surface area contributed by atoms with E-state index >= 15 is 0 Å². The third-order valence-electron chi connectivity index (χ3n) is 5.14. The second-order valence-electron chi connectivity index (χ2n) is 7.29. The topological polar surface area (TPSA) is 64.3 Å². The number of carbonyl (C=O) groups excluding carboxylic acids is 1. The zero-order valence-corrected chi connectivity index (χ0v) is 18.9. The molecule has 0 radical (unpaired) electrons. The summed E-state index contributed by atoms with van der Waals surface area (Å²) in [5, 5.41) is 3.49. The summed E-state index contributed by atoms with van der Waals surface area (Å²) >= 11 is 0. The molecule has 0 atom stereocenters. The highest BCUT2D eigenvalue weighted by molar-refractivity contribution is 14.0. The van der Waals surface area contributed by atoms with Gasteiger partial charge in [0.25, 0.3) is 5.91 Å². The lowest BCUT2D eigenvalue weighted by atomic mass is 10.3. The molecule has 8 heteroatoms. The first-order valence-corrected chi connectivity index (χ1v) is 9.64. The predicted octanol–water partition coefficient (Wildman–Crippen LogP) is 2.10. The summed E-state index contributed by atoms with van der Waals surface area (Å²) in [6.45, 7) is 9.39. The van der Waals surface area contributed by atoms with Gasteiger partial charge in [0.15, 0.2) is 11.7 Å². The maximum atomic E-state index is 12.3. The molecule has 0 unspecified atom stereocenters. The Hall–Kier alpha value is -1.29. The molecular weight excluding hydrogens is 457 g/mol. The standard InChI is InChI=1S/C19H31N5O2.HI/c1-15(2)24(16-6-7-16)9-8-21-19(20-3)23-12-10-22(11-13-23)18(25)17-5-4-14-26-17;/h4-5,14-16H,6-13H2,1-3H3,(H,20,21);1H. The Balaban J connectivity index is 0.00000261. The van der Waals surface area contributed by atoms with Gasteiger partial charge in [0, 0.05) is 58.4 Å². The van der Waals surface area contributed by atoms with Gasteiger partial charge in [0.05, 0.1) is 6.26 Å². The van der Waals surface area contributed by atoms with E-state index in [4.69, 9.17) is 4.42 Å². The SMILES string of the molecule is CN=C(NCCN(C(C)C)C1CC1)N1CCN(C(=O)c2ccco2)CC1.I. The van der Waals surface area contributed by atoms with E-state index in [1.165, 1.54) is 19.1 Å². The van der Waals surface area contributed by atoms with Crippen LogP contribution in [0.25, 0.3) is 0 Å². The average Bonchev–Trinajstić information content (AvgIpc) is 3.33. The van der Waals surface area contributed by atoms with Crippen molar-refractivity contribution >= 4 is 35.8 Å². The summed E-state index contributed by atoms with van der Waals surface area (Å²) in [4.78, 5) is 23.4. The summed E-state index contributed by atoms with van der Waals surface area (Å²) in [5.41, 5.74) is 0. The van der Waals surface area contributed by atoms with Crippen LogP contribution < -0.4 is 5.32 Å². The lowest BCUT2D eigenvalue weighted by Gasteiger charge is -2.36. The van der Waals surface area contributed by atoms with Gasteiger partial charge in [0.2, 0.25) is 0 Å². The van der Waals surface area contributed by atoms with Crippen LogP contribution in [-0.2, 0) is 0 Å². The first kappa shape index (κ1) is 22.0. The Morgan fingerprint density at radius 2 is 1.96 bits per heavy atom. The predicted molar refractivity (Wildman–Crippen MR) is 118 cm³/mol. The van der Waals surface area contributed by atoms with Crippen molar-refractivity contribution in [3.63, 3.8) is 0 Å². The molecule has 27 heavy (non-hydrogen) atoms. The number of halogens is 1. The fraction of sp³-hybridized carbons (Fsp3) is 0.684. The smallest absolute Gasteiger partial charge is 0.289 e. The molecule has 0 bridgehead atoms. The van der Waals surface area contributed by atoms with Gasteiger partial charge < -0.3 is 19.5 Å². The quantitative estimate of drug-likeness (QED) is 0.377. The summed E-state index contributed by atoms with van der Waals surface area (Å²) in [5.74, 6) is 1.30. The highest BCUT2D eigenvalue weighted by atomic mass is 127. The van der Waals surface area contributed by atoms with Crippen molar-refractivity contribution in [1.82, 2.24) is 20.0 Å². The van der Waals surface area contributed by atoms with E-state index in [0.29, 0.717) is 24.9 Å². The number of amides is 1.